The molecule has 146 valence electrons. The van der Waals surface area contributed by atoms with Crippen LogP contribution in [0.15, 0.2) is 29.5 Å². The summed E-state index contributed by atoms with van der Waals surface area (Å²) in [6.45, 7) is 13.9. The minimum atomic E-state index is -0.469. The third kappa shape index (κ3) is 3.90. The van der Waals surface area contributed by atoms with Crippen molar-refractivity contribution in [2.45, 2.75) is 40.0 Å². The molecule has 3 heterocycles. The molecule has 2 aliphatic rings. The van der Waals surface area contributed by atoms with Crippen LogP contribution in [-0.2, 0) is 10.2 Å². The fourth-order valence-electron chi connectivity index (χ4n) is 3.33. The Kier molecular flexibility index (Phi) is 5.12. The second-order valence-electron chi connectivity index (χ2n) is 8.82. The molecule has 1 N–H and O–H groups in total. The molecule has 1 unspecified atom stereocenters. The molecule has 6 heteroatoms. The van der Waals surface area contributed by atoms with Crippen LogP contribution in [0.2, 0.25) is 0 Å². The quantitative estimate of drug-likeness (QED) is 0.889. The Morgan fingerprint density at radius 1 is 1.22 bits per heavy atom. The maximum absolute atomic E-state index is 12.6. The summed E-state index contributed by atoms with van der Waals surface area (Å²) in [4.78, 5) is 26.4. The molecule has 2 aliphatic heterocycles. The van der Waals surface area contributed by atoms with E-state index in [0.717, 1.165) is 49.0 Å². The number of allylic oxidation sites excluding steroid dienone is 1. The highest BCUT2D eigenvalue weighted by molar-refractivity contribution is 6.01. The second-order valence-corrected chi connectivity index (χ2v) is 8.82. The van der Waals surface area contributed by atoms with Crippen LogP contribution in [0.3, 0.4) is 0 Å². The van der Waals surface area contributed by atoms with Gasteiger partial charge in [0, 0.05) is 43.5 Å². The monoisotopic (exact) mass is 369 g/mol. The average molecular weight is 370 g/mol. The van der Waals surface area contributed by atoms with Crippen LogP contribution in [0, 0.1) is 5.41 Å². The highest BCUT2D eigenvalue weighted by atomic mass is 16.2. The summed E-state index contributed by atoms with van der Waals surface area (Å²) in [5, 5.41) is 3.09. The minimum Gasteiger partial charge on any atom is -0.354 e. The number of carbonyl (C=O) groups excluding carboxylic acids is 1. The summed E-state index contributed by atoms with van der Waals surface area (Å²) < 4.78 is 0. The van der Waals surface area contributed by atoms with Gasteiger partial charge in [-0.05, 0) is 32.5 Å². The van der Waals surface area contributed by atoms with E-state index in [1.807, 2.05) is 33.9 Å². The third-order valence-electron chi connectivity index (χ3n) is 5.63. The van der Waals surface area contributed by atoms with E-state index >= 15 is 0 Å². The number of rotatable bonds is 3. The fraction of sp³-hybridized carbons (Fsp3) is 0.571. The predicted molar refractivity (Wildman–Crippen MR) is 112 cm³/mol. The lowest BCUT2D eigenvalue weighted by Gasteiger charge is -2.34. The zero-order chi connectivity index (χ0) is 19.8. The Morgan fingerprint density at radius 2 is 1.89 bits per heavy atom. The average Bonchev–Trinajstić information content (AvgIpc) is 2.95. The van der Waals surface area contributed by atoms with Crippen molar-refractivity contribution < 1.29 is 4.79 Å². The van der Waals surface area contributed by atoms with Crippen molar-refractivity contribution in [2.75, 3.05) is 43.4 Å². The lowest BCUT2D eigenvalue weighted by Crippen LogP contribution is -2.45. The Morgan fingerprint density at radius 3 is 2.44 bits per heavy atom. The van der Waals surface area contributed by atoms with Gasteiger partial charge in [-0.15, -0.1) is 0 Å². The second kappa shape index (κ2) is 7.08. The summed E-state index contributed by atoms with van der Waals surface area (Å²) in [7, 11) is 2.14. The number of piperazine rings is 1. The molecule has 0 radical (unpaired) electrons. The van der Waals surface area contributed by atoms with Crippen molar-refractivity contribution in [2.24, 2.45) is 10.4 Å². The van der Waals surface area contributed by atoms with Gasteiger partial charge in [-0.1, -0.05) is 26.8 Å². The van der Waals surface area contributed by atoms with Gasteiger partial charge in [0.15, 0.2) is 0 Å². The molecular formula is C21H31N5O. The third-order valence-corrected chi connectivity index (χ3v) is 5.63. The van der Waals surface area contributed by atoms with E-state index in [2.05, 4.69) is 51.2 Å². The van der Waals surface area contributed by atoms with Crippen molar-refractivity contribution in [1.29, 1.82) is 0 Å². The number of carbonyl (C=O) groups is 1. The summed E-state index contributed by atoms with van der Waals surface area (Å²) in [5.41, 5.74) is 2.01. The number of amides is 1. The summed E-state index contributed by atoms with van der Waals surface area (Å²) in [6, 6.07) is 2.12. The maximum Gasteiger partial charge on any atom is 0.229 e. The fourth-order valence-corrected chi connectivity index (χ4v) is 3.33. The molecule has 1 atom stereocenters. The minimum absolute atomic E-state index is 0.0157. The van der Waals surface area contributed by atoms with E-state index in [0.29, 0.717) is 0 Å². The number of hydrogen-bond donors (Lipinski definition) is 1. The van der Waals surface area contributed by atoms with Crippen LogP contribution >= 0.6 is 0 Å². The zero-order valence-electron chi connectivity index (χ0n) is 17.3. The zero-order valence-corrected chi connectivity index (χ0v) is 17.3. The number of aliphatic imine (C=N–C) groups is 1. The van der Waals surface area contributed by atoms with Gasteiger partial charge in [-0.25, -0.2) is 4.98 Å². The van der Waals surface area contributed by atoms with Crippen molar-refractivity contribution in [3.63, 3.8) is 0 Å². The smallest absolute Gasteiger partial charge is 0.229 e. The summed E-state index contributed by atoms with van der Waals surface area (Å²) in [5.74, 6) is 0.944. The summed E-state index contributed by atoms with van der Waals surface area (Å²) in [6.07, 6.45) is 5.75. The van der Waals surface area contributed by atoms with E-state index in [-0.39, 0.29) is 11.3 Å². The molecule has 0 spiro atoms. The van der Waals surface area contributed by atoms with Crippen LogP contribution in [0.4, 0.5) is 11.5 Å². The molecule has 1 saturated heterocycles. The molecule has 0 aliphatic carbocycles. The number of pyridine rings is 1. The first-order valence-electron chi connectivity index (χ1n) is 9.59. The first-order chi connectivity index (χ1) is 12.6. The number of nitrogens with one attached hydrogen (secondary N) is 1. The Bertz CT molecular complexity index is 784. The molecule has 1 aromatic heterocycles. The lowest BCUT2D eigenvalue weighted by atomic mass is 9.79. The molecule has 6 nitrogen and oxygen atoms in total. The van der Waals surface area contributed by atoms with Crippen LogP contribution < -0.4 is 10.2 Å². The van der Waals surface area contributed by atoms with Crippen molar-refractivity contribution in [3.05, 3.63) is 30.1 Å². The number of nitrogens with zero attached hydrogens (tertiary/aromatic N) is 4. The topological polar surface area (TPSA) is 60.8 Å². The first kappa shape index (κ1) is 19.5. The Hall–Kier alpha value is -2.21. The molecule has 1 aromatic rings. The molecule has 0 saturated carbocycles. The van der Waals surface area contributed by atoms with Gasteiger partial charge in [-0.2, -0.15) is 0 Å². The molecule has 1 amide bonds. The van der Waals surface area contributed by atoms with Gasteiger partial charge in [0.05, 0.1) is 17.3 Å². The largest absolute Gasteiger partial charge is 0.354 e. The van der Waals surface area contributed by atoms with E-state index in [1.165, 1.54) is 0 Å². The van der Waals surface area contributed by atoms with E-state index in [4.69, 9.17) is 0 Å². The predicted octanol–water partition coefficient (Wildman–Crippen LogP) is 3.06. The van der Waals surface area contributed by atoms with Crippen LogP contribution in [0.5, 0.6) is 0 Å². The standard InChI is InChI=1S/C21H31N5O/c1-15-21(5,7-8-22-15)16-13-18(26-11-9-25(6)10-12-26)23-14-17(16)24-19(27)20(2,3)4/h7-8,13-14H,9-12H2,1-6H3,(H,24,27). The number of anilines is 2. The summed E-state index contributed by atoms with van der Waals surface area (Å²) >= 11 is 0. The number of hydrogen-bond acceptors (Lipinski definition) is 5. The number of aromatic nitrogens is 1. The Balaban J connectivity index is 2.00. The van der Waals surface area contributed by atoms with Crippen molar-refractivity contribution in [1.82, 2.24) is 9.88 Å². The molecule has 0 bridgehead atoms. The molecule has 27 heavy (non-hydrogen) atoms. The maximum atomic E-state index is 12.6. The van der Waals surface area contributed by atoms with Gasteiger partial charge >= 0.3 is 0 Å². The Labute approximate surface area is 162 Å². The van der Waals surface area contributed by atoms with Gasteiger partial charge in [0.1, 0.15) is 5.82 Å². The van der Waals surface area contributed by atoms with Crippen molar-refractivity contribution in [3.8, 4) is 0 Å². The van der Waals surface area contributed by atoms with E-state index in [9.17, 15) is 4.79 Å². The SMILES string of the molecule is CC1=NC=CC1(C)c1cc(N2CCN(C)CC2)ncc1NC(=O)C(C)(C)C. The first-order valence-corrected chi connectivity index (χ1v) is 9.59. The number of likely N-dealkylation sites (N-methyl/N-ethyl adjacent to an activating group) is 1. The van der Waals surface area contributed by atoms with Gasteiger partial charge in [0.2, 0.25) is 5.91 Å². The van der Waals surface area contributed by atoms with E-state index in [1.54, 1.807) is 6.20 Å². The normalized spacial score (nSPS) is 23.5. The van der Waals surface area contributed by atoms with Crippen LogP contribution in [-0.4, -0.2) is 54.7 Å². The molecule has 3 rings (SSSR count). The van der Waals surface area contributed by atoms with Crippen LogP contribution in [0.1, 0.15) is 40.2 Å². The van der Waals surface area contributed by atoms with Gasteiger partial charge in [-0.3, -0.25) is 9.79 Å². The van der Waals surface area contributed by atoms with Gasteiger partial charge < -0.3 is 15.1 Å². The molecular weight excluding hydrogens is 338 g/mol. The lowest BCUT2D eigenvalue weighted by molar-refractivity contribution is -0.123. The van der Waals surface area contributed by atoms with Gasteiger partial charge in [0.25, 0.3) is 0 Å². The highest BCUT2D eigenvalue weighted by Gasteiger charge is 2.34. The molecule has 1 fully saturated rings. The van der Waals surface area contributed by atoms with Crippen LogP contribution in [0.25, 0.3) is 0 Å². The van der Waals surface area contributed by atoms with E-state index < -0.39 is 5.41 Å². The highest BCUT2D eigenvalue weighted by Crippen LogP contribution is 2.38. The molecule has 0 aromatic carbocycles. The van der Waals surface area contributed by atoms with Crippen molar-refractivity contribution >= 4 is 23.1 Å².